The van der Waals surface area contributed by atoms with Crippen LogP contribution in [0.4, 0.5) is 0 Å². The quantitative estimate of drug-likeness (QED) is 0.703. The lowest BCUT2D eigenvalue weighted by Gasteiger charge is -2.14. The molecule has 0 fully saturated rings. The number of aryl methyl sites for hydroxylation is 3. The van der Waals surface area contributed by atoms with Crippen LogP contribution in [-0.4, -0.2) is 28.2 Å². The van der Waals surface area contributed by atoms with Crippen LogP contribution in [0, 0.1) is 20.8 Å². The summed E-state index contributed by atoms with van der Waals surface area (Å²) in [5.41, 5.74) is 3.57. The largest absolute Gasteiger partial charge is 0.490 e. The molecular formula is C21H29NO4S. The third kappa shape index (κ3) is 5.47. The van der Waals surface area contributed by atoms with Gasteiger partial charge in [-0.05, 0) is 69.9 Å². The molecule has 1 N–H and O–H groups in total. The van der Waals surface area contributed by atoms with E-state index in [1.54, 1.807) is 0 Å². The van der Waals surface area contributed by atoms with E-state index < -0.39 is 10.0 Å². The van der Waals surface area contributed by atoms with Crippen LogP contribution in [0.3, 0.4) is 0 Å². The minimum Gasteiger partial charge on any atom is -0.490 e. The fraction of sp³-hybridized carbons (Fsp3) is 0.429. The normalized spacial score (nSPS) is 11.4. The van der Waals surface area contributed by atoms with E-state index in [4.69, 9.17) is 9.47 Å². The Hall–Kier alpha value is -2.05. The Morgan fingerprint density at radius 2 is 1.48 bits per heavy atom. The van der Waals surface area contributed by atoms with Crippen molar-refractivity contribution in [3.05, 3.63) is 52.6 Å². The molecule has 0 amide bonds. The molecule has 0 spiro atoms. The lowest BCUT2D eigenvalue weighted by Crippen LogP contribution is -2.27. The molecule has 148 valence electrons. The Labute approximate surface area is 162 Å². The van der Waals surface area contributed by atoms with Crippen molar-refractivity contribution in [3.63, 3.8) is 0 Å². The minimum absolute atomic E-state index is 0.314. The van der Waals surface area contributed by atoms with Crippen molar-refractivity contribution in [1.29, 1.82) is 0 Å². The second-order valence-corrected chi connectivity index (χ2v) is 8.23. The molecule has 0 heterocycles. The van der Waals surface area contributed by atoms with Gasteiger partial charge in [0.15, 0.2) is 11.5 Å². The van der Waals surface area contributed by atoms with Gasteiger partial charge < -0.3 is 9.47 Å². The molecule has 0 aliphatic carbocycles. The van der Waals surface area contributed by atoms with Crippen molar-refractivity contribution in [2.45, 2.75) is 45.9 Å². The van der Waals surface area contributed by atoms with Crippen LogP contribution in [0.5, 0.6) is 11.5 Å². The number of rotatable bonds is 9. The molecule has 0 saturated carbocycles. The first-order valence-corrected chi connectivity index (χ1v) is 10.7. The van der Waals surface area contributed by atoms with E-state index in [-0.39, 0.29) is 0 Å². The number of benzene rings is 2. The summed E-state index contributed by atoms with van der Waals surface area (Å²) in [6.07, 6.45) is 0.565. The van der Waals surface area contributed by atoms with Crippen molar-refractivity contribution in [2.75, 3.05) is 19.8 Å². The van der Waals surface area contributed by atoms with E-state index in [1.165, 1.54) is 0 Å². The van der Waals surface area contributed by atoms with E-state index in [1.807, 2.05) is 65.0 Å². The highest BCUT2D eigenvalue weighted by molar-refractivity contribution is 7.89. The summed E-state index contributed by atoms with van der Waals surface area (Å²) >= 11 is 0. The predicted molar refractivity (Wildman–Crippen MR) is 108 cm³/mol. The van der Waals surface area contributed by atoms with Crippen LogP contribution in [0.25, 0.3) is 0 Å². The number of sulfonamides is 1. The molecular weight excluding hydrogens is 362 g/mol. The van der Waals surface area contributed by atoms with Gasteiger partial charge in [0.25, 0.3) is 0 Å². The molecule has 0 bridgehead atoms. The topological polar surface area (TPSA) is 64.6 Å². The van der Waals surface area contributed by atoms with Crippen molar-refractivity contribution < 1.29 is 17.9 Å². The first-order valence-electron chi connectivity index (χ1n) is 9.24. The zero-order chi connectivity index (χ0) is 20.0. The molecule has 2 rings (SSSR count). The fourth-order valence-corrected chi connectivity index (χ4v) is 4.72. The van der Waals surface area contributed by atoms with Crippen LogP contribution in [0.1, 0.15) is 36.1 Å². The zero-order valence-corrected chi connectivity index (χ0v) is 17.6. The molecule has 0 saturated heterocycles. The van der Waals surface area contributed by atoms with E-state index in [2.05, 4.69) is 4.72 Å². The summed E-state index contributed by atoms with van der Waals surface area (Å²) < 4.78 is 39.4. The summed E-state index contributed by atoms with van der Waals surface area (Å²) in [6.45, 7) is 10.9. The second-order valence-electron chi connectivity index (χ2n) is 6.52. The monoisotopic (exact) mass is 391 g/mol. The molecule has 6 heteroatoms. The van der Waals surface area contributed by atoms with E-state index in [0.29, 0.717) is 42.6 Å². The van der Waals surface area contributed by atoms with Gasteiger partial charge in [0.2, 0.25) is 10.0 Å². The third-order valence-corrected chi connectivity index (χ3v) is 5.95. The molecule has 5 nitrogen and oxygen atoms in total. The number of hydrogen-bond acceptors (Lipinski definition) is 4. The summed E-state index contributed by atoms with van der Waals surface area (Å²) in [4.78, 5) is 0.370. The lowest BCUT2D eigenvalue weighted by atomic mass is 10.1. The molecule has 2 aromatic carbocycles. The third-order valence-electron chi connectivity index (χ3n) is 4.19. The summed E-state index contributed by atoms with van der Waals surface area (Å²) in [6, 6.07) is 9.49. The minimum atomic E-state index is -3.55. The number of hydrogen-bond donors (Lipinski definition) is 1. The maximum Gasteiger partial charge on any atom is 0.241 e. The van der Waals surface area contributed by atoms with Gasteiger partial charge in [-0.1, -0.05) is 23.8 Å². The second kappa shape index (κ2) is 9.24. The Morgan fingerprint density at radius 3 is 2.07 bits per heavy atom. The van der Waals surface area contributed by atoms with Gasteiger partial charge in [0.1, 0.15) is 0 Å². The summed E-state index contributed by atoms with van der Waals surface area (Å²) in [5, 5.41) is 0. The van der Waals surface area contributed by atoms with Gasteiger partial charge in [-0.25, -0.2) is 13.1 Å². The first-order chi connectivity index (χ1) is 12.8. The van der Waals surface area contributed by atoms with Crippen LogP contribution in [-0.2, 0) is 16.4 Å². The van der Waals surface area contributed by atoms with Crippen molar-refractivity contribution in [1.82, 2.24) is 4.72 Å². The van der Waals surface area contributed by atoms with Crippen molar-refractivity contribution >= 4 is 10.0 Å². The number of nitrogens with one attached hydrogen (secondary N) is 1. The average Bonchev–Trinajstić information content (AvgIpc) is 2.56. The maximum absolute atomic E-state index is 12.7. The maximum atomic E-state index is 12.7. The molecule has 27 heavy (non-hydrogen) atoms. The molecule has 0 aliphatic rings. The Morgan fingerprint density at radius 1 is 0.889 bits per heavy atom. The van der Waals surface area contributed by atoms with E-state index in [0.717, 1.165) is 22.3 Å². The first kappa shape index (κ1) is 21.3. The lowest BCUT2D eigenvalue weighted by molar-refractivity contribution is 0.287. The van der Waals surface area contributed by atoms with Crippen molar-refractivity contribution in [3.8, 4) is 11.5 Å². The standard InChI is InChI=1S/C21H29NO4S/c1-6-25-19-9-8-18(14-20(19)26-7-2)10-11-22-27(23,24)21-16(4)12-15(3)13-17(21)5/h8-9,12-14,22H,6-7,10-11H2,1-5H3. The predicted octanol–water partition coefficient (Wildman–Crippen LogP) is 3.93. The van der Waals surface area contributed by atoms with Gasteiger partial charge in [0.05, 0.1) is 18.1 Å². The molecule has 0 radical (unpaired) electrons. The summed E-state index contributed by atoms with van der Waals surface area (Å²) in [7, 11) is -3.55. The average molecular weight is 392 g/mol. The Kier molecular flexibility index (Phi) is 7.27. The van der Waals surface area contributed by atoms with Crippen LogP contribution < -0.4 is 14.2 Å². The fourth-order valence-electron chi connectivity index (χ4n) is 3.24. The van der Waals surface area contributed by atoms with Gasteiger partial charge in [-0.15, -0.1) is 0 Å². The molecule has 0 aliphatic heterocycles. The SMILES string of the molecule is CCOc1ccc(CCNS(=O)(=O)c2c(C)cc(C)cc2C)cc1OCC. The zero-order valence-electron chi connectivity index (χ0n) is 16.8. The van der Waals surface area contributed by atoms with Gasteiger partial charge >= 0.3 is 0 Å². The van der Waals surface area contributed by atoms with E-state index in [9.17, 15) is 8.42 Å². The number of ether oxygens (including phenoxy) is 2. The van der Waals surface area contributed by atoms with Crippen LogP contribution in [0.2, 0.25) is 0 Å². The Balaban J connectivity index is 2.10. The van der Waals surface area contributed by atoms with Gasteiger partial charge in [0, 0.05) is 6.54 Å². The van der Waals surface area contributed by atoms with Crippen LogP contribution >= 0.6 is 0 Å². The van der Waals surface area contributed by atoms with Gasteiger partial charge in [-0.3, -0.25) is 0 Å². The molecule has 0 aromatic heterocycles. The molecule has 2 aromatic rings. The van der Waals surface area contributed by atoms with Crippen LogP contribution in [0.15, 0.2) is 35.2 Å². The smallest absolute Gasteiger partial charge is 0.241 e. The van der Waals surface area contributed by atoms with Crippen molar-refractivity contribution in [2.24, 2.45) is 0 Å². The Bertz CT molecular complexity index is 868. The highest BCUT2D eigenvalue weighted by atomic mass is 32.2. The highest BCUT2D eigenvalue weighted by Gasteiger charge is 2.19. The summed E-state index contributed by atoms with van der Waals surface area (Å²) in [5.74, 6) is 1.39. The molecule has 0 atom stereocenters. The highest BCUT2D eigenvalue weighted by Crippen LogP contribution is 2.28. The van der Waals surface area contributed by atoms with Gasteiger partial charge in [-0.2, -0.15) is 0 Å². The molecule has 0 unspecified atom stereocenters. The van der Waals surface area contributed by atoms with E-state index >= 15 is 0 Å².